The van der Waals surface area contributed by atoms with Gasteiger partial charge in [0, 0.05) is 25.4 Å². The smallest absolute Gasteiger partial charge is 0.256 e. The summed E-state index contributed by atoms with van der Waals surface area (Å²) in [5.41, 5.74) is 0.339. The molecule has 7 nitrogen and oxygen atoms in total. The minimum absolute atomic E-state index is 0.0861. The third-order valence-corrected chi connectivity index (χ3v) is 4.41. The molecule has 122 valence electrons. The highest BCUT2D eigenvalue weighted by atomic mass is 32.2. The molecule has 1 amide bonds. The van der Waals surface area contributed by atoms with Crippen molar-refractivity contribution in [3.63, 3.8) is 0 Å². The average Bonchev–Trinajstić information content (AvgIpc) is 2.56. The summed E-state index contributed by atoms with van der Waals surface area (Å²) in [6.07, 6.45) is 1.57. The Morgan fingerprint density at radius 3 is 2.52 bits per heavy atom. The zero-order valence-corrected chi connectivity index (χ0v) is 13.3. The van der Waals surface area contributed by atoms with Gasteiger partial charge in [-0.1, -0.05) is 6.07 Å². The van der Waals surface area contributed by atoms with Crippen molar-refractivity contribution in [2.24, 2.45) is 0 Å². The summed E-state index contributed by atoms with van der Waals surface area (Å²) in [6, 6.07) is 10.8. The zero-order chi connectivity index (χ0) is 16.7. The number of ether oxygens (including phenoxy) is 1. The normalized spacial score (nSPS) is 11.2. The van der Waals surface area contributed by atoms with Gasteiger partial charge in [0.05, 0.1) is 11.5 Å². The predicted molar refractivity (Wildman–Crippen MR) is 85.7 cm³/mol. The number of sulfonamides is 1. The van der Waals surface area contributed by atoms with Crippen molar-refractivity contribution in [2.45, 2.75) is 4.90 Å². The van der Waals surface area contributed by atoms with Crippen molar-refractivity contribution < 1.29 is 17.9 Å². The molecule has 0 aliphatic rings. The van der Waals surface area contributed by atoms with Crippen LogP contribution in [0.3, 0.4) is 0 Å². The summed E-state index contributed by atoms with van der Waals surface area (Å²) in [5.74, 6) is 0.0652. The monoisotopic (exact) mass is 335 g/mol. The molecule has 0 saturated heterocycles. The van der Waals surface area contributed by atoms with Gasteiger partial charge in [0.2, 0.25) is 10.0 Å². The highest BCUT2D eigenvalue weighted by Crippen LogP contribution is 2.12. The third kappa shape index (κ3) is 4.85. The van der Waals surface area contributed by atoms with E-state index < -0.39 is 10.0 Å². The largest absolute Gasteiger partial charge is 0.383 e. The van der Waals surface area contributed by atoms with E-state index in [1.165, 1.54) is 31.4 Å². The molecule has 0 radical (unpaired) electrons. The Kier molecular flexibility index (Phi) is 5.80. The van der Waals surface area contributed by atoms with Gasteiger partial charge in [-0.3, -0.25) is 4.79 Å². The van der Waals surface area contributed by atoms with Gasteiger partial charge in [0.1, 0.15) is 5.82 Å². The lowest BCUT2D eigenvalue weighted by Crippen LogP contribution is -2.27. The fourth-order valence-electron chi connectivity index (χ4n) is 1.77. The summed E-state index contributed by atoms with van der Waals surface area (Å²) in [7, 11) is -2.12. The molecule has 1 heterocycles. The second kappa shape index (κ2) is 7.82. The number of aromatic nitrogens is 1. The molecule has 2 rings (SSSR count). The van der Waals surface area contributed by atoms with Crippen LogP contribution in [0.2, 0.25) is 0 Å². The fourth-order valence-corrected chi connectivity index (χ4v) is 2.79. The lowest BCUT2D eigenvalue weighted by Gasteiger charge is -2.07. The van der Waals surface area contributed by atoms with Crippen molar-refractivity contribution in [1.82, 2.24) is 9.71 Å². The van der Waals surface area contributed by atoms with E-state index in [1.807, 2.05) is 0 Å². The number of carbonyl (C=O) groups is 1. The van der Waals surface area contributed by atoms with Crippen molar-refractivity contribution in [3.8, 4) is 0 Å². The Morgan fingerprint density at radius 1 is 1.17 bits per heavy atom. The second-order valence-electron chi connectivity index (χ2n) is 4.58. The van der Waals surface area contributed by atoms with E-state index in [1.54, 1.807) is 24.4 Å². The Morgan fingerprint density at radius 2 is 1.91 bits per heavy atom. The highest BCUT2D eigenvalue weighted by Gasteiger charge is 2.14. The third-order valence-electron chi connectivity index (χ3n) is 2.93. The van der Waals surface area contributed by atoms with Crippen LogP contribution in [0.5, 0.6) is 0 Å². The summed E-state index contributed by atoms with van der Waals surface area (Å²) in [6.45, 7) is 0.463. The summed E-state index contributed by atoms with van der Waals surface area (Å²) < 4.78 is 31.2. The molecule has 0 bridgehead atoms. The molecular formula is C15H17N3O4S. The maximum atomic E-state index is 12.1. The first-order valence-corrected chi connectivity index (χ1v) is 8.32. The van der Waals surface area contributed by atoms with Crippen molar-refractivity contribution in [2.75, 3.05) is 25.6 Å². The molecule has 8 heteroatoms. The molecule has 0 fully saturated rings. The highest BCUT2D eigenvalue weighted by molar-refractivity contribution is 7.89. The first-order valence-electron chi connectivity index (χ1n) is 6.84. The summed E-state index contributed by atoms with van der Waals surface area (Å²) >= 11 is 0. The molecule has 2 N–H and O–H groups in total. The molecule has 0 spiro atoms. The van der Waals surface area contributed by atoms with Crippen LogP contribution in [0, 0.1) is 0 Å². The van der Waals surface area contributed by atoms with Gasteiger partial charge in [-0.05, 0) is 36.4 Å². The molecule has 0 atom stereocenters. The van der Waals surface area contributed by atoms with Gasteiger partial charge in [0.25, 0.3) is 5.91 Å². The number of anilines is 1. The second-order valence-corrected chi connectivity index (χ2v) is 6.35. The van der Waals surface area contributed by atoms with E-state index in [0.29, 0.717) is 11.4 Å². The predicted octanol–water partition coefficient (Wildman–Crippen LogP) is 1.26. The van der Waals surface area contributed by atoms with E-state index in [-0.39, 0.29) is 24.0 Å². The van der Waals surface area contributed by atoms with E-state index in [0.717, 1.165) is 0 Å². The number of hydrogen-bond donors (Lipinski definition) is 2. The van der Waals surface area contributed by atoms with Crippen LogP contribution >= 0.6 is 0 Å². The zero-order valence-electron chi connectivity index (χ0n) is 12.5. The van der Waals surface area contributed by atoms with Crippen LogP contribution in [0.15, 0.2) is 53.6 Å². The molecule has 2 aromatic rings. The number of amides is 1. The number of nitrogens with one attached hydrogen (secondary N) is 2. The topological polar surface area (TPSA) is 97.4 Å². The molecule has 23 heavy (non-hydrogen) atoms. The number of nitrogens with zero attached hydrogens (tertiary/aromatic N) is 1. The number of benzene rings is 1. The molecule has 0 saturated carbocycles. The van der Waals surface area contributed by atoms with E-state index in [4.69, 9.17) is 4.74 Å². The van der Waals surface area contributed by atoms with Crippen LogP contribution in [-0.4, -0.2) is 39.6 Å². The standard InChI is InChI=1S/C15H17N3O4S/c1-22-11-10-17-23(20,21)13-7-5-12(6-8-13)15(19)18-14-4-2-3-9-16-14/h2-9,17H,10-11H2,1H3,(H,16,18,19). The van der Waals surface area contributed by atoms with Crippen LogP contribution < -0.4 is 10.0 Å². The van der Waals surface area contributed by atoms with Gasteiger partial charge in [-0.25, -0.2) is 18.1 Å². The minimum atomic E-state index is -3.61. The Hall–Kier alpha value is -2.29. The number of rotatable bonds is 7. The van der Waals surface area contributed by atoms with E-state index in [2.05, 4.69) is 15.0 Å². The molecular weight excluding hydrogens is 318 g/mol. The number of hydrogen-bond acceptors (Lipinski definition) is 5. The lowest BCUT2D eigenvalue weighted by atomic mass is 10.2. The van der Waals surface area contributed by atoms with Crippen LogP contribution in [-0.2, 0) is 14.8 Å². The molecule has 1 aromatic heterocycles. The molecule has 0 unspecified atom stereocenters. The van der Waals surface area contributed by atoms with Crippen molar-refractivity contribution in [1.29, 1.82) is 0 Å². The van der Waals surface area contributed by atoms with Gasteiger partial charge in [0.15, 0.2) is 0 Å². The van der Waals surface area contributed by atoms with E-state index in [9.17, 15) is 13.2 Å². The Bertz CT molecular complexity index is 746. The first kappa shape index (κ1) is 17.1. The average molecular weight is 335 g/mol. The quantitative estimate of drug-likeness (QED) is 0.743. The van der Waals surface area contributed by atoms with Gasteiger partial charge < -0.3 is 10.1 Å². The summed E-state index contributed by atoms with van der Waals surface area (Å²) in [5, 5.41) is 2.63. The Balaban J connectivity index is 2.05. The van der Waals surface area contributed by atoms with Crippen LogP contribution in [0.1, 0.15) is 10.4 Å². The van der Waals surface area contributed by atoms with Gasteiger partial charge >= 0.3 is 0 Å². The molecule has 0 aliphatic carbocycles. The lowest BCUT2D eigenvalue weighted by molar-refractivity contribution is 0.102. The number of methoxy groups -OCH3 is 1. The maximum Gasteiger partial charge on any atom is 0.256 e. The fraction of sp³-hybridized carbons (Fsp3) is 0.200. The Labute approximate surface area is 134 Å². The van der Waals surface area contributed by atoms with Gasteiger partial charge in [-0.2, -0.15) is 0 Å². The van der Waals surface area contributed by atoms with Crippen LogP contribution in [0.25, 0.3) is 0 Å². The summed E-state index contributed by atoms with van der Waals surface area (Å²) in [4.78, 5) is 16.1. The molecule has 1 aromatic carbocycles. The number of pyridine rings is 1. The number of carbonyl (C=O) groups excluding carboxylic acids is 1. The first-order chi connectivity index (χ1) is 11.0. The van der Waals surface area contributed by atoms with Crippen molar-refractivity contribution >= 4 is 21.7 Å². The van der Waals surface area contributed by atoms with E-state index >= 15 is 0 Å². The van der Waals surface area contributed by atoms with Gasteiger partial charge in [-0.15, -0.1) is 0 Å². The molecule has 0 aliphatic heterocycles. The SMILES string of the molecule is COCCNS(=O)(=O)c1ccc(C(=O)Nc2ccccn2)cc1. The van der Waals surface area contributed by atoms with Crippen LogP contribution in [0.4, 0.5) is 5.82 Å². The minimum Gasteiger partial charge on any atom is -0.383 e. The maximum absolute atomic E-state index is 12.1. The van der Waals surface area contributed by atoms with Crippen molar-refractivity contribution in [3.05, 3.63) is 54.2 Å².